The van der Waals surface area contributed by atoms with Crippen LogP contribution in [0.15, 0.2) is 60.7 Å². The molecule has 0 saturated heterocycles. The molecule has 1 heterocycles. The number of carbonyl (C=O) groups excluding carboxylic acids is 1. The van der Waals surface area contributed by atoms with Crippen molar-refractivity contribution in [3.63, 3.8) is 0 Å². The second-order valence-corrected chi connectivity index (χ2v) is 14.0. The van der Waals surface area contributed by atoms with Crippen LogP contribution in [0.25, 0.3) is 11.1 Å². The van der Waals surface area contributed by atoms with Gasteiger partial charge in [0.25, 0.3) is 5.91 Å². The van der Waals surface area contributed by atoms with Gasteiger partial charge < -0.3 is 19.9 Å². The summed E-state index contributed by atoms with van der Waals surface area (Å²) in [5, 5.41) is 12.2. The van der Waals surface area contributed by atoms with Crippen molar-refractivity contribution in [2.75, 3.05) is 30.1 Å². The van der Waals surface area contributed by atoms with Gasteiger partial charge in [0.05, 0.1) is 25.1 Å². The van der Waals surface area contributed by atoms with Crippen molar-refractivity contribution in [1.82, 2.24) is 5.32 Å². The lowest BCUT2D eigenvalue weighted by Gasteiger charge is -2.20. The molecule has 0 radical (unpaired) electrons. The summed E-state index contributed by atoms with van der Waals surface area (Å²) in [6.07, 6.45) is 1.57. The van der Waals surface area contributed by atoms with Gasteiger partial charge in [-0.2, -0.15) is 11.8 Å². The summed E-state index contributed by atoms with van der Waals surface area (Å²) < 4.78 is 35.4. The third-order valence-corrected chi connectivity index (χ3v) is 9.09. The molecule has 2 atom stereocenters. The van der Waals surface area contributed by atoms with Crippen molar-refractivity contribution in [2.24, 2.45) is 0 Å². The zero-order valence-corrected chi connectivity index (χ0v) is 25.7. The van der Waals surface area contributed by atoms with Crippen molar-refractivity contribution in [2.45, 2.75) is 45.4 Å². The Labute approximate surface area is 251 Å². The van der Waals surface area contributed by atoms with Crippen molar-refractivity contribution in [3.05, 3.63) is 88.5 Å². The van der Waals surface area contributed by atoms with E-state index in [1.54, 1.807) is 23.9 Å². The number of carbonyl (C=O) groups is 2. The Morgan fingerprint density at radius 2 is 1.88 bits per heavy atom. The smallest absolute Gasteiger partial charge is 0.326 e. The van der Waals surface area contributed by atoms with Crippen LogP contribution in [0.2, 0.25) is 0 Å². The molecule has 224 valence electrons. The van der Waals surface area contributed by atoms with Gasteiger partial charge in [-0.1, -0.05) is 49.4 Å². The molecule has 0 unspecified atom stereocenters. The summed E-state index contributed by atoms with van der Waals surface area (Å²) in [5.41, 5.74) is 5.85. The Bertz CT molecular complexity index is 1540. The number of sulfone groups is 1. The highest BCUT2D eigenvalue weighted by Crippen LogP contribution is 2.33. The molecule has 0 aliphatic carbocycles. The van der Waals surface area contributed by atoms with Crippen LogP contribution in [0.5, 0.6) is 5.75 Å². The molecule has 3 aromatic rings. The van der Waals surface area contributed by atoms with Crippen LogP contribution in [-0.4, -0.2) is 61.6 Å². The molecule has 1 aliphatic rings. The van der Waals surface area contributed by atoms with Crippen LogP contribution in [0.4, 0.5) is 0 Å². The van der Waals surface area contributed by atoms with Gasteiger partial charge in [0.2, 0.25) is 0 Å². The largest absolute Gasteiger partial charge is 0.493 e. The first-order valence-electron chi connectivity index (χ1n) is 13.9. The topological polar surface area (TPSA) is 119 Å². The number of ether oxygens (including phenoxy) is 2. The van der Waals surface area contributed by atoms with Crippen LogP contribution < -0.4 is 10.1 Å². The number of hydrogen-bond donors (Lipinski definition) is 2. The molecule has 0 fully saturated rings. The molecule has 10 heteroatoms. The fourth-order valence-corrected chi connectivity index (χ4v) is 6.25. The summed E-state index contributed by atoms with van der Waals surface area (Å²) in [5.74, 6) is 0.434. The molecule has 1 amide bonds. The van der Waals surface area contributed by atoms with Crippen molar-refractivity contribution >= 4 is 33.5 Å². The summed E-state index contributed by atoms with van der Waals surface area (Å²) in [4.78, 5) is 25.2. The molecule has 0 aromatic heterocycles. The lowest BCUT2D eigenvalue weighted by atomic mass is 9.93. The molecule has 3 aromatic carbocycles. The number of aliphatic carboxylic acids is 1. The van der Waals surface area contributed by atoms with Crippen LogP contribution in [0, 0.1) is 6.92 Å². The maximum atomic E-state index is 13.4. The molecule has 0 saturated carbocycles. The maximum absolute atomic E-state index is 13.4. The first kappa shape index (κ1) is 31.6. The number of nitrogens with one attached hydrogen (secondary N) is 1. The lowest BCUT2D eigenvalue weighted by Crippen LogP contribution is -2.42. The molecule has 2 N–H and O–H groups in total. The van der Waals surface area contributed by atoms with Gasteiger partial charge >= 0.3 is 5.97 Å². The molecule has 1 aliphatic heterocycles. The van der Waals surface area contributed by atoms with E-state index in [0.717, 1.165) is 52.2 Å². The Kier molecular flexibility index (Phi) is 10.7. The number of carboxylic acid groups (broad SMARTS) is 1. The van der Waals surface area contributed by atoms with Gasteiger partial charge in [0.15, 0.2) is 0 Å². The molecular formula is C32H37NO7S2. The zero-order valence-electron chi connectivity index (χ0n) is 24.1. The highest BCUT2D eigenvalue weighted by atomic mass is 32.2. The predicted octanol–water partition coefficient (Wildman–Crippen LogP) is 5.23. The average molecular weight is 612 g/mol. The van der Waals surface area contributed by atoms with E-state index in [2.05, 4.69) is 30.4 Å². The maximum Gasteiger partial charge on any atom is 0.326 e. The fraction of sp³-hybridized carbons (Fsp3) is 0.375. The number of aryl methyl sites for hydroxylation is 1. The van der Waals surface area contributed by atoms with E-state index in [4.69, 9.17) is 9.47 Å². The van der Waals surface area contributed by atoms with Crippen LogP contribution >= 0.6 is 11.8 Å². The number of rotatable bonds is 14. The van der Waals surface area contributed by atoms with Gasteiger partial charge in [0.1, 0.15) is 21.6 Å². The third kappa shape index (κ3) is 8.36. The molecular weight excluding hydrogens is 574 g/mol. The standard InChI is InChI=1S/C32H37NO7S2/c1-4-41-20-30(24-11-10-23-13-15-39-29(23)18-24)40-19-22-9-12-26(27(17-22)25-8-6-5-7-21(25)2)31(34)33-28(32(35)36)14-16-42(3,37)38/h5-12,17-18,28,30H,4,13-16,19-20H2,1-3H3,(H,33,34)(H,35,36)/t28-,30-/m0/s1. The third-order valence-electron chi connectivity index (χ3n) is 7.16. The molecule has 42 heavy (non-hydrogen) atoms. The average Bonchev–Trinajstić information content (AvgIpc) is 3.43. The summed E-state index contributed by atoms with van der Waals surface area (Å²) in [6, 6.07) is 18.0. The molecule has 0 spiro atoms. The molecule has 4 rings (SSSR count). The van der Waals surface area contributed by atoms with Gasteiger partial charge in [-0.3, -0.25) is 4.79 Å². The Balaban J connectivity index is 1.60. The highest BCUT2D eigenvalue weighted by molar-refractivity contribution is 7.99. The van der Waals surface area contributed by atoms with E-state index < -0.39 is 27.8 Å². The van der Waals surface area contributed by atoms with E-state index in [9.17, 15) is 23.1 Å². The van der Waals surface area contributed by atoms with Gasteiger partial charge in [-0.25, -0.2) is 13.2 Å². The minimum absolute atomic E-state index is 0.152. The van der Waals surface area contributed by atoms with E-state index in [1.165, 1.54) is 5.56 Å². The lowest BCUT2D eigenvalue weighted by molar-refractivity contribution is -0.139. The van der Waals surface area contributed by atoms with E-state index in [1.807, 2.05) is 37.3 Å². The number of hydrogen-bond acceptors (Lipinski definition) is 7. The second-order valence-electron chi connectivity index (χ2n) is 10.4. The van der Waals surface area contributed by atoms with Crippen molar-refractivity contribution in [1.29, 1.82) is 0 Å². The second kappa shape index (κ2) is 14.2. The molecule has 8 nitrogen and oxygen atoms in total. The Morgan fingerprint density at radius 1 is 1.10 bits per heavy atom. The van der Waals surface area contributed by atoms with E-state index in [0.29, 0.717) is 24.3 Å². The highest BCUT2D eigenvalue weighted by Gasteiger charge is 2.25. The van der Waals surface area contributed by atoms with Crippen LogP contribution in [-0.2, 0) is 32.4 Å². The number of thioether (sulfide) groups is 1. The number of benzene rings is 3. The van der Waals surface area contributed by atoms with Crippen molar-refractivity contribution in [3.8, 4) is 16.9 Å². The van der Waals surface area contributed by atoms with Gasteiger partial charge in [-0.15, -0.1) is 0 Å². The predicted molar refractivity (Wildman–Crippen MR) is 166 cm³/mol. The van der Waals surface area contributed by atoms with E-state index in [-0.39, 0.29) is 18.3 Å². The quantitative estimate of drug-likeness (QED) is 0.255. The van der Waals surface area contributed by atoms with E-state index >= 15 is 0 Å². The normalized spacial score (nSPS) is 14.1. The van der Waals surface area contributed by atoms with Crippen molar-refractivity contribution < 1.29 is 32.6 Å². The SMILES string of the molecule is CCSC[C@H](OCc1ccc(C(=O)N[C@@H](CCS(C)(=O)=O)C(=O)O)c(-c2ccccc2C)c1)c1ccc2c(c1)OCC2. The number of carboxylic acids is 1. The Morgan fingerprint density at radius 3 is 2.60 bits per heavy atom. The van der Waals surface area contributed by atoms with Crippen LogP contribution in [0.1, 0.15) is 52.1 Å². The monoisotopic (exact) mass is 611 g/mol. The fourth-order valence-electron chi connectivity index (χ4n) is 4.85. The van der Waals surface area contributed by atoms with Gasteiger partial charge in [0, 0.05) is 24.0 Å². The number of amides is 1. The zero-order chi connectivity index (χ0) is 30.3. The minimum Gasteiger partial charge on any atom is -0.493 e. The summed E-state index contributed by atoms with van der Waals surface area (Å²) >= 11 is 1.80. The Hall–Kier alpha value is -3.34. The first-order valence-corrected chi connectivity index (χ1v) is 17.1. The molecule has 0 bridgehead atoms. The minimum atomic E-state index is -3.40. The van der Waals surface area contributed by atoms with Crippen LogP contribution in [0.3, 0.4) is 0 Å². The first-order chi connectivity index (χ1) is 20.1. The van der Waals surface area contributed by atoms with Gasteiger partial charge in [-0.05, 0) is 70.7 Å². The summed E-state index contributed by atoms with van der Waals surface area (Å²) in [7, 11) is -3.40. The number of fused-ring (bicyclic) bond motifs is 1. The summed E-state index contributed by atoms with van der Waals surface area (Å²) in [6.45, 7) is 5.06.